The molecule has 1 aromatic carbocycles. The van der Waals surface area contributed by atoms with Crippen molar-refractivity contribution in [3.8, 4) is 0 Å². The van der Waals surface area contributed by atoms with Crippen molar-refractivity contribution in [1.82, 2.24) is 11.6 Å². The van der Waals surface area contributed by atoms with Crippen LogP contribution in [0.4, 0.5) is 0 Å². The molecule has 0 aliphatic rings. The molecule has 12 heavy (non-hydrogen) atoms. The van der Waals surface area contributed by atoms with E-state index in [4.69, 9.17) is 4.84 Å². The summed E-state index contributed by atoms with van der Waals surface area (Å²) >= 11 is 0. The summed E-state index contributed by atoms with van der Waals surface area (Å²) < 4.78 is 0. The molecule has 0 saturated carbocycles. The topological polar surface area (TPSA) is 73.3 Å². The SMILES string of the molecule is N.O=CNOCc1ccccc1. The first-order valence-corrected chi connectivity index (χ1v) is 3.28. The van der Waals surface area contributed by atoms with Crippen LogP contribution < -0.4 is 11.6 Å². The van der Waals surface area contributed by atoms with E-state index in [1.54, 1.807) is 0 Å². The Hall–Kier alpha value is -1.39. The first kappa shape index (κ1) is 10.6. The van der Waals surface area contributed by atoms with Crippen molar-refractivity contribution in [3.05, 3.63) is 35.9 Å². The summed E-state index contributed by atoms with van der Waals surface area (Å²) in [6, 6.07) is 9.61. The molecule has 1 aromatic rings. The number of hydrogen-bond acceptors (Lipinski definition) is 3. The smallest absolute Gasteiger partial charge is 0.230 e. The number of nitrogens with one attached hydrogen (secondary N) is 1. The van der Waals surface area contributed by atoms with E-state index in [9.17, 15) is 4.79 Å². The van der Waals surface area contributed by atoms with Crippen LogP contribution in [0.25, 0.3) is 0 Å². The van der Waals surface area contributed by atoms with E-state index >= 15 is 0 Å². The van der Waals surface area contributed by atoms with Crippen molar-refractivity contribution >= 4 is 6.41 Å². The van der Waals surface area contributed by atoms with Gasteiger partial charge in [-0.3, -0.25) is 9.63 Å². The number of rotatable bonds is 4. The Bertz CT molecular complexity index is 214. The van der Waals surface area contributed by atoms with Gasteiger partial charge in [0.15, 0.2) is 0 Å². The molecular formula is C8H12N2O2. The highest BCUT2D eigenvalue weighted by Gasteiger charge is 1.88. The molecule has 0 spiro atoms. The zero-order valence-electron chi connectivity index (χ0n) is 6.69. The monoisotopic (exact) mass is 168 g/mol. The molecule has 0 aromatic heterocycles. The average Bonchev–Trinajstić information content (AvgIpc) is 2.07. The molecule has 4 nitrogen and oxygen atoms in total. The maximum Gasteiger partial charge on any atom is 0.230 e. The van der Waals surface area contributed by atoms with Gasteiger partial charge in [0.05, 0.1) is 6.61 Å². The van der Waals surface area contributed by atoms with Crippen molar-refractivity contribution < 1.29 is 9.63 Å². The summed E-state index contributed by atoms with van der Waals surface area (Å²) in [7, 11) is 0. The fraction of sp³-hybridized carbons (Fsp3) is 0.125. The highest BCUT2D eigenvalue weighted by atomic mass is 16.6. The summed E-state index contributed by atoms with van der Waals surface area (Å²) in [4.78, 5) is 14.5. The molecule has 0 radical (unpaired) electrons. The maximum absolute atomic E-state index is 9.76. The van der Waals surface area contributed by atoms with E-state index in [-0.39, 0.29) is 6.15 Å². The molecule has 66 valence electrons. The second-order valence-electron chi connectivity index (χ2n) is 2.01. The third-order valence-corrected chi connectivity index (χ3v) is 1.21. The third-order valence-electron chi connectivity index (χ3n) is 1.21. The Kier molecular flexibility index (Phi) is 5.60. The zero-order chi connectivity index (χ0) is 7.94. The summed E-state index contributed by atoms with van der Waals surface area (Å²) in [5.74, 6) is 0. The van der Waals surface area contributed by atoms with Crippen molar-refractivity contribution in [2.24, 2.45) is 0 Å². The lowest BCUT2D eigenvalue weighted by Crippen LogP contribution is -2.10. The molecule has 1 amide bonds. The van der Waals surface area contributed by atoms with Crippen LogP contribution in [0.5, 0.6) is 0 Å². The molecular weight excluding hydrogens is 156 g/mol. The quantitative estimate of drug-likeness (QED) is 0.400. The van der Waals surface area contributed by atoms with E-state index in [0.717, 1.165) is 5.56 Å². The fourth-order valence-corrected chi connectivity index (χ4v) is 0.733. The molecule has 4 heteroatoms. The van der Waals surface area contributed by atoms with Crippen LogP contribution in [0.3, 0.4) is 0 Å². The molecule has 0 aliphatic carbocycles. The van der Waals surface area contributed by atoms with E-state index in [0.29, 0.717) is 13.0 Å². The average molecular weight is 168 g/mol. The van der Waals surface area contributed by atoms with E-state index < -0.39 is 0 Å². The number of hydrogen-bond donors (Lipinski definition) is 2. The molecule has 0 bridgehead atoms. The Morgan fingerprint density at radius 1 is 1.33 bits per heavy atom. The number of carbonyl (C=O) groups is 1. The molecule has 1 rings (SSSR count). The first-order chi connectivity index (χ1) is 5.43. The van der Waals surface area contributed by atoms with Crippen molar-refractivity contribution in [2.75, 3.05) is 0 Å². The summed E-state index contributed by atoms with van der Waals surface area (Å²) in [5.41, 5.74) is 3.15. The molecule has 0 atom stereocenters. The Labute approximate surface area is 71.1 Å². The van der Waals surface area contributed by atoms with Crippen molar-refractivity contribution in [3.63, 3.8) is 0 Å². The summed E-state index contributed by atoms with van der Waals surface area (Å²) in [6.07, 6.45) is 0.503. The van der Waals surface area contributed by atoms with Crippen LogP contribution in [-0.2, 0) is 16.2 Å². The van der Waals surface area contributed by atoms with E-state index in [2.05, 4.69) is 5.48 Å². The van der Waals surface area contributed by atoms with Gasteiger partial charge in [-0.25, -0.2) is 5.48 Å². The molecule has 4 N–H and O–H groups in total. The lowest BCUT2D eigenvalue weighted by Gasteiger charge is -1.99. The summed E-state index contributed by atoms with van der Waals surface area (Å²) in [6.45, 7) is 0.402. The third kappa shape index (κ3) is 3.70. The van der Waals surface area contributed by atoms with E-state index in [1.165, 1.54) is 0 Å². The largest absolute Gasteiger partial charge is 0.344 e. The predicted octanol–water partition coefficient (Wildman–Crippen LogP) is 1.03. The van der Waals surface area contributed by atoms with Gasteiger partial charge in [0, 0.05) is 0 Å². The van der Waals surface area contributed by atoms with Crippen LogP contribution in [0.15, 0.2) is 30.3 Å². The minimum atomic E-state index is 0. The highest BCUT2D eigenvalue weighted by Crippen LogP contribution is 1.98. The van der Waals surface area contributed by atoms with Crippen LogP contribution in [-0.4, -0.2) is 6.41 Å². The number of amides is 1. The predicted molar refractivity (Wildman–Crippen MR) is 45.5 cm³/mol. The molecule has 0 saturated heterocycles. The van der Waals surface area contributed by atoms with Crippen molar-refractivity contribution in [1.29, 1.82) is 0 Å². The van der Waals surface area contributed by atoms with Gasteiger partial charge >= 0.3 is 0 Å². The second kappa shape index (κ2) is 6.33. The van der Waals surface area contributed by atoms with E-state index in [1.807, 2.05) is 30.3 Å². The van der Waals surface area contributed by atoms with Crippen LogP contribution in [0.1, 0.15) is 5.56 Å². The second-order valence-corrected chi connectivity index (χ2v) is 2.01. The zero-order valence-corrected chi connectivity index (χ0v) is 6.69. The first-order valence-electron chi connectivity index (χ1n) is 3.28. The number of hydroxylamine groups is 1. The van der Waals surface area contributed by atoms with Gasteiger partial charge in [-0.2, -0.15) is 0 Å². The van der Waals surface area contributed by atoms with Crippen LogP contribution >= 0.6 is 0 Å². The molecule has 0 fully saturated rings. The number of benzene rings is 1. The van der Waals surface area contributed by atoms with Crippen molar-refractivity contribution in [2.45, 2.75) is 6.61 Å². The van der Waals surface area contributed by atoms with Gasteiger partial charge < -0.3 is 6.15 Å². The van der Waals surface area contributed by atoms with Gasteiger partial charge in [0.25, 0.3) is 0 Å². The van der Waals surface area contributed by atoms with Crippen LogP contribution in [0.2, 0.25) is 0 Å². The maximum atomic E-state index is 9.76. The minimum Gasteiger partial charge on any atom is -0.344 e. The Balaban J connectivity index is 0.00000121. The summed E-state index contributed by atoms with van der Waals surface area (Å²) in [5, 5.41) is 0. The molecule has 0 heterocycles. The van der Waals surface area contributed by atoms with Gasteiger partial charge in [0.2, 0.25) is 6.41 Å². The fourth-order valence-electron chi connectivity index (χ4n) is 0.733. The standard InChI is InChI=1S/C8H9NO2.H3N/c10-7-9-11-6-8-4-2-1-3-5-8;/h1-5,7H,6H2,(H,9,10);1H3. The van der Waals surface area contributed by atoms with Gasteiger partial charge in [-0.1, -0.05) is 30.3 Å². The van der Waals surface area contributed by atoms with Gasteiger partial charge in [0.1, 0.15) is 0 Å². The van der Waals surface area contributed by atoms with Gasteiger partial charge in [-0.15, -0.1) is 0 Å². The Morgan fingerprint density at radius 2 is 2.00 bits per heavy atom. The molecule has 0 aliphatic heterocycles. The normalized spacial score (nSPS) is 8.33. The number of carbonyl (C=O) groups excluding carboxylic acids is 1. The minimum absolute atomic E-state index is 0. The lowest BCUT2D eigenvalue weighted by molar-refractivity contribution is -0.121. The van der Waals surface area contributed by atoms with Crippen LogP contribution in [0, 0.1) is 0 Å². The molecule has 0 unspecified atom stereocenters. The Morgan fingerprint density at radius 3 is 2.58 bits per heavy atom. The highest BCUT2D eigenvalue weighted by molar-refractivity contribution is 5.43. The van der Waals surface area contributed by atoms with Gasteiger partial charge in [-0.05, 0) is 5.56 Å². The lowest BCUT2D eigenvalue weighted by atomic mass is 10.2.